The summed E-state index contributed by atoms with van der Waals surface area (Å²) < 4.78 is 5.42. The molecule has 25 heavy (non-hydrogen) atoms. The number of aliphatic hydroxyl groups is 1. The minimum absolute atomic E-state index is 0.189. The van der Waals surface area contributed by atoms with Gasteiger partial charge in [0.05, 0.1) is 6.61 Å². The number of fused-ring (bicyclic) bond motifs is 1. The number of amides is 1. The first-order valence-corrected chi connectivity index (χ1v) is 8.42. The van der Waals surface area contributed by atoms with Gasteiger partial charge in [0.15, 0.2) is 0 Å². The van der Waals surface area contributed by atoms with Crippen molar-refractivity contribution in [2.45, 2.75) is 45.3 Å². The number of rotatable bonds is 4. The van der Waals surface area contributed by atoms with Crippen LogP contribution in [0.2, 0.25) is 0 Å². The van der Waals surface area contributed by atoms with Crippen molar-refractivity contribution in [2.75, 3.05) is 6.61 Å². The van der Waals surface area contributed by atoms with E-state index in [0.717, 1.165) is 24.3 Å². The SMILES string of the molecule is CC(C)(O)NC(=O)CCc1cncnc1.c1ccc2c(c1)CCCO2. The van der Waals surface area contributed by atoms with Gasteiger partial charge in [0.2, 0.25) is 5.91 Å². The van der Waals surface area contributed by atoms with E-state index < -0.39 is 5.72 Å². The van der Waals surface area contributed by atoms with Crippen LogP contribution < -0.4 is 10.1 Å². The molecule has 1 aromatic heterocycles. The molecule has 0 bridgehead atoms. The number of nitrogens with one attached hydrogen (secondary N) is 1. The van der Waals surface area contributed by atoms with Crippen LogP contribution in [0.25, 0.3) is 0 Å². The molecule has 1 aromatic carbocycles. The fourth-order valence-corrected chi connectivity index (χ4v) is 2.42. The molecule has 2 heterocycles. The average molecular weight is 343 g/mol. The first-order valence-electron chi connectivity index (χ1n) is 8.42. The van der Waals surface area contributed by atoms with Crippen molar-refractivity contribution in [1.82, 2.24) is 15.3 Å². The maximum absolute atomic E-state index is 11.3. The van der Waals surface area contributed by atoms with Gasteiger partial charge < -0.3 is 15.2 Å². The van der Waals surface area contributed by atoms with Crippen LogP contribution in [0.5, 0.6) is 5.75 Å². The molecule has 1 aliphatic heterocycles. The van der Waals surface area contributed by atoms with Crippen molar-refractivity contribution in [3.05, 3.63) is 54.1 Å². The Morgan fingerprint density at radius 2 is 2.00 bits per heavy atom. The molecule has 0 spiro atoms. The largest absolute Gasteiger partial charge is 0.493 e. The summed E-state index contributed by atoms with van der Waals surface area (Å²) in [5.41, 5.74) is 1.10. The number of carbonyl (C=O) groups is 1. The molecule has 0 unspecified atom stereocenters. The second-order valence-corrected chi connectivity index (χ2v) is 6.41. The topological polar surface area (TPSA) is 84.3 Å². The van der Waals surface area contributed by atoms with Gasteiger partial charge in [0, 0.05) is 18.8 Å². The molecule has 0 radical (unpaired) electrons. The molecule has 6 heteroatoms. The smallest absolute Gasteiger partial charge is 0.222 e. The Kier molecular flexibility index (Phi) is 6.89. The number of para-hydroxylation sites is 1. The number of aryl methyl sites for hydroxylation is 2. The minimum Gasteiger partial charge on any atom is -0.493 e. The van der Waals surface area contributed by atoms with Gasteiger partial charge in [0.25, 0.3) is 0 Å². The van der Waals surface area contributed by atoms with E-state index in [1.165, 1.54) is 32.2 Å². The van der Waals surface area contributed by atoms with Crippen molar-refractivity contribution in [3.8, 4) is 5.75 Å². The third kappa shape index (κ3) is 7.30. The van der Waals surface area contributed by atoms with E-state index in [9.17, 15) is 9.90 Å². The molecule has 0 saturated carbocycles. The number of benzene rings is 1. The van der Waals surface area contributed by atoms with Gasteiger partial charge >= 0.3 is 0 Å². The highest BCUT2D eigenvalue weighted by Crippen LogP contribution is 2.23. The maximum atomic E-state index is 11.3. The van der Waals surface area contributed by atoms with Crippen LogP contribution >= 0.6 is 0 Å². The summed E-state index contributed by atoms with van der Waals surface area (Å²) in [6.45, 7) is 3.93. The van der Waals surface area contributed by atoms with E-state index in [-0.39, 0.29) is 5.91 Å². The van der Waals surface area contributed by atoms with Gasteiger partial charge in [-0.05, 0) is 50.3 Å². The molecule has 2 aromatic rings. The molecule has 0 fully saturated rings. The zero-order valence-electron chi connectivity index (χ0n) is 14.7. The number of nitrogens with zero attached hydrogens (tertiary/aromatic N) is 2. The van der Waals surface area contributed by atoms with Crippen molar-refractivity contribution in [1.29, 1.82) is 0 Å². The molecular formula is C19H25N3O3. The quantitative estimate of drug-likeness (QED) is 0.832. The van der Waals surface area contributed by atoms with E-state index >= 15 is 0 Å². The van der Waals surface area contributed by atoms with Gasteiger partial charge in [0.1, 0.15) is 17.8 Å². The number of ether oxygens (including phenoxy) is 1. The summed E-state index contributed by atoms with van der Waals surface area (Å²) >= 11 is 0. The predicted molar refractivity (Wildman–Crippen MR) is 95.1 cm³/mol. The van der Waals surface area contributed by atoms with Crippen molar-refractivity contribution >= 4 is 5.91 Å². The van der Waals surface area contributed by atoms with Gasteiger partial charge in [-0.1, -0.05) is 18.2 Å². The number of carbonyl (C=O) groups excluding carboxylic acids is 1. The zero-order valence-corrected chi connectivity index (χ0v) is 14.7. The first-order chi connectivity index (χ1) is 11.9. The standard InChI is InChI=1S/C10H15N3O2.C9H10O/c1-10(2,15)13-9(14)4-3-8-5-11-7-12-6-8;1-2-6-9-8(4-1)5-3-7-10-9/h5-7,15H,3-4H2,1-2H3,(H,13,14);1-2,4,6H,3,5,7H2. The molecule has 1 amide bonds. The fraction of sp³-hybridized carbons (Fsp3) is 0.421. The number of aromatic nitrogens is 2. The van der Waals surface area contributed by atoms with Crippen LogP contribution in [0.15, 0.2) is 43.0 Å². The Labute approximate surface area is 148 Å². The normalized spacial score (nSPS) is 12.9. The molecule has 6 nitrogen and oxygen atoms in total. The minimum atomic E-state index is -1.16. The highest BCUT2D eigenvalue weighted by molar-refractivity contribution is 5.76. The van der Waals surface area contributed by atoms with E-state index in [1.807, 2.05) is 12.1 Å². The lowest BCUT2D eigenvalue weighted by atomic mass is 10.1. The molecule has 0 saturated heterocycles. The van der Waals surface area contributed by atoms with Gasteiger partial charge in [-0.15, -0.1) is 0 Å². The first kappa shape index (κ1) is 18.9. The summed E-state index contributed by atoms with van der Waals surface area (Å²) in [5, 5.41) is 11.8. The fourth-order valence-electron chi connectivity index (χ4n) is 2.42. The van der Waals surface area contributed by atoms with Crippen LogP contribution in [0.1, 0.15) is 37.8 Å². The summed E-state index contributed by atoms with van der Waals surface area (Å²) in [5.74, 6) is 0.889. The van der Waals surface area contributed by atoms with Crippen LogP contribution in [-0.4, -0.2) is 33.3 Å². The average Bonchev–Trinajstić information content (AvgIpc) is 2.60. The Balaban J connectivity index is 0.000000194. The summed E-state index contributed by atoms with van der Waals surface area (Å²) in [4.78, 5) is 19.0. The maximum Gasteiger partial charge on any atom is 0.222 e. The third-order valence-electron chi connectivity index (χ3n) is 3.52. The van der Waals surface area contributed by atoms with Crippen LogP contribution in [0, 0.1) is 0 Å². The summed E-state index contributed by atoms with van der Waals surface area (Å²) in [7, 11) is 0. The monoisotopic (exact) mass is 343 g/mol. The zero-order chi connectivity index (χ0) is 18.1. The van der Waals surface area contributed by atoms with Crippen molar-refractivity contribution in [3.63, 3.8) is 0 Å². The number of hydrogen-bond acceptors (Lipinski definition) is 5. The molecule has 0 aliphatic carbocycles. The summed E-state index contributed by atoms with van der Waals surface area (Å²) in [6.07, 6.45) is 8.02. The Bertz CT molecular complexity index is 644. The Morgan fingerprint density at radius 1 is 1.28 bits per heavy atom. The van der Waals surface area contributed by atoms with Crippen LogP contribution in [0.4, 0.5) is 0 Å². The van der Waals surface area contributed by atoms with E-state index in [4.69, 9.17) is 4.74 Å². The molecule has 0 atom stereocenters. The van der Waals surface area contributed by atoms with Crippen molar-refractivity contribution in [2.24, 2.45) is 0 Å². The van der Waals surface area contributed by atoms with E-state index in [1.54, 1.807) is 12.4 Å². The molecule has 3 rings (SSSR count). The van der Waals surface area contributed by atoms with E-state index in [2.05, 4.69) is 27.4 Å². The highest BCUT2D eigenvalue weighted by atomic mass is 16.5. The van der Waals surface area contributed by atoms with Gasteiger partial charge in [-0.2, -0.15) is 0 Å². The lowest BCUT2D eigenvalue weighted by molar-refractivity contribution is -0.126. The molecule has 1 aliphatic rings. The van der Waals surface area contributed by atoms with Crippen LogP contribution in [0.3, 0.4) is 0 Å². The van der Waals surface area contributed by atoms with Gasteiger partial charge in [-0.25, -0.2) is 9.97 Å². The lowest BCUT2D eigenvalue weighted by Crippen LogP contribution is -2.43. The molecule has 134 valence electrons. The number of hydrogen-bond donors (Lipinski definition) is 2. The highest BCUT2D eigenvalue weighted by Gasteiger charge is 2.15. The lowest BCUT2D eigenvalue weighted by Gasteiger charge is -2.18. The second kappa shape index (κ2) is 9.13. The summed E-state index contributed by atoms with van der Waals surface area (Å²) in [6, 6.07) is 8.25. The van der Waals surface area contributed by atoms with Crippen LogP contribution in [-0.2, 0) is 17.6 Å². The second-order valence-electron chi connectivity index (χ2n) is 6.41. The molecule has 2 N–H and O–H groups in total. The van der Waals surface area contributed by atoms with E-state index in [0.29, 0.717) is 12.8 Å². The Hall–Kier alpha value is -2.47. The van der Waals surface area contributed by atoms with Gasteiger partial charge in [-0.3, -0.25) is 4.79 Å². The molecular weight excluding hydrogens is 318 g/mol. The van der Waals surface area contributed by atoms with Crippen molar-refractivity contribution < 1.29 is 14.6 Å². The predicted octanol–water partition coefficient (Wildman–Crippen LogP) is 2.27. The third-order valence-corrected chi connectivity index (χ3v) is 3.52. The Morgan fingerprint density at radius 3 is 2.68 bits per heavy atom.